The highest BCUT2D eigenvalue weighted by atomic mass is 15.0. The van der Waals surface area contributed by atoms with Gasteiger partial charge in [-0.1, -0.05) is 18.9 Å². The third-order valence-electron chi connectivity index (χ3n) is 2.26. The van der Waals surface area contributed by atoms with Crippen LogP contribution in [0.2, 0.25) is 0 Å². The maximum Gasteiger partial charge on any atom is 0.107 e. The van der Waals surface area contributed by atoms with Crippen LogP contribution in [0.1, 0.15) is 25.7 Å². The Labute approximate surface area is 67.9 Å². The number of hydrogen-bond donors (Lipinski definition) is 1. The Bertz CT molecular complexity index is 172. The second kappa shape index (κ2) is 3.54. The molecule has 1 fully saturated rings. The van der Waals surface area contributed by atoms with Gasteiger partial charge >= 0.3 is 0 Å². The number of rotatable bonds is 3. The maximum absolute atomic E-state index is 8.90. The average molecular weight is 150 g/mol. The molecule has 11 heavy (non-hydrogen) atoms. The van der Waals surface area contributed by atoms with E-state index in [1.54, 1.807) is 6.08 Å². The van der Waals surface area contributed by atoms with Gasteiger partial charge in [0.2, 0.25) is 0 Å². The first-order valence-corrected chi connectivity index (χ1v) is 4.10. The van der Waals surface area contributed by atoms with E-state index in [1.165, 1.54) is 12.8 Å². The van der Waals surface area contributed by atoms with Crippen molar-refractivity contribution < 1.29 is 0 Å². The lowest BCUT2D eigenvalue weighted by atomic mass is 10.0. The highest BCUT2D eigenvalue weighted by molar-refractivity contribution is 5.10. The highest BCUT2D eigenvalue weighted by Crippen LogP contribution is 2.28. The molecular weight excluding hydrogens is 136 g/mol. The summed E-state index contributed by atoms with van der Waals surface area (Å²) in [7, 11) is 0. The summed E-state index contributed by atoms with van der Waals surface area (Å²) in [5.41, 5.74) is -0.228. The molecule has 0 radical (unpaired) electrons. The number of hydrogen-bond acceptors (Lipinski definition) is 2. The number of nitrogens with zero attached hydrogens (tertiary/aromatic N) is 1. The van der Waals surface area contributed by atoms with E-state index in [9.17, 15) is 0 Å². The van der Waals surface area contributed by atoms with Gasteiger partial charge in [-0.3, -0.25) is 5.32 Å². The van der Waals surface area contributed by atoms with Gasteiger partial charge in [-0.2, -0.15) is 5.26 Å². The highest BCUT2D eigenvalue weighted by Gasteiger charge is 2.32. The van der Waals surface area contributed by atoms with Crippen molar-refractivity contribution in [3.8, 4) is 6.07 Å². The molecule has 0 spiro atoms. The Balaban J connectivity index is 2.47. The molecule has 0 saturated heterocycles. The molecule has 1 aliphatic rings. The Morgan fingerprint density at radius 3 is 2.64 bits per heavy atom. The molecule has 2 heteroatoms. The van der Waals surface area contributed by atoms with Gasteiger partial charge in [0.25, 0.3) is 0 Å². The van der Waals surface area contributed by atoms with Crippen LogP contribution in [0.3, 0.4) is 0 Å². The van der Waals surface area contributed by atoms with Crippen LogP contribution < -0.4 is 5.32 Å². The molecule has 0 atom stereocenters. The van der Waals surface area contributed by atoms with E-state index >= 15 is 0 Å². The predicted octanol–water partition coefficient (Wildman–Crippen LogP) is 1.60. The first-order valence-electron chi connectivity index (χ1n) is 4.10. The molecule has 0 heterocycles. The van der Waals surface area contributed by atoms with E-state index in [4.69, 9.17) is 5.26 Å². The lowest BCUT2D eigenvalue weighted by Gasteiger charge is -2.20. The molecule has 1 rings (SSSR count). The van der Waals surface area contributed by atoms with Gasteiger partial charge in [-0.25, -0.2) is 0 Å². The van der Waals surface area contributed by atoms with E-state index in [0.29, 0.717) is 0 Å². The van der Waals surface area contributed by atoms with Crippen molar-refractivity contribution in [2.24, 2.45) is 0 Å². The maximum atomic E-state index is 8.90. The summed E-state index contributed by atoms with van der Waals surface area (Å²) in [6.07, 6.45) is 6.15. The molecule has 0 bridgehead atoms. The van der Waals surface area contributed by atoms with Crippen LogP contribution in [-0.4, -0.2) is 12.1 Å². The molecule has 60 valence electrons. The summed E-state index contributed by atoms with van der Waals surface area (Å²) in [5, 5.41) is 12.1. The van der Waals surface area contributed by atoms with Crippen LogP contribution in [0.4, 0.5) is 0 Å². The van der Waals surface area contributed by atoms with Crippen molar-refractivity contribution in [3.05, 3.63) is 12.7 Å². The number of nitriles is 1. The summed E-state index contributed by atoms with van der Waals surface area (Å²) in [4.78, 5) is 0. The average Bonchev–Trinajstić information content (AvgIpc) is 2.50. The summed E-state index contributed by atoms with van der Waals surface area (Å²) in [5.74, 6) is 0. The molecule has 1 saturated carbocycles. The first kappa shape index (κ1) is 8.29. The summed E-state index contributed by atoms with van der Waals surface area (Å²) in [6, 6.07) is 2.35. The molecular formula is C9H14N2. The second-order valence-electron chi connectivity index (χ2n) is 3.07. The van der Waals surface area contributed by atoms with E-state index in [2.05, 4.69) is 18.0 Å². The fraction of sp³-hybridized carbons (Fsp3) is 0.667. The van der Waals surface area contributed by atoms with E-state index < -0.39 is 0 Å². The van der Waals surface area contributed by atoms with Crippen molar-refractivity contribution in [2.75, 3.05) is 6.54 Å². The second-order valence-corrected chi connectivity index (χ2v) is 3.07. The standard InChI is InChI=1S/C9H14N2/c1-2-7-11-9(8-10)5-3-4-6-9/h2,11H,1,3-7H2. The Morgan fingerprint density at radius 2 is 2.18 bits per heavy atom. The minimum atomic E-state index is -0.228. The zero-order valence-electron chi connectivity index (χ0n) is 6.77. The first-order chi connectivity index (χ1) is 5.33. The van der Waals surface area contributed by atoms with Crippen molar-refractivity contribution in [2.45, 2.75) is 31.2 Å². The Hall–Kier alpha value is -0.810. The van der Waals surface area contributed by atoms with Gasteiger partial charge < -0.3 is 0 Å². The van der Waals surface area contributed by atoms with Gasteiger partial charge in [0.05, 0.1) is 6.07 Å². The van der Waals surface area contributed by atoms with Crippen LogP contribution in [0, 0.1) is 11.3 Å². The lowest BCUT2D eigenvalue weighted by Crippen LogP contribution is -2.41. The van der Waals surface area contributed by atoms with Gasteiger partial charge in [-0.15, -0.1) is 6.58 Å². The van der Waals surface area contributed by atoms with E-state index in [0.717, 1.165) is 19.4 Å². The van der Waals surface area contributed by atoms with Crippen LogP contribution in [0.5, 0.6) is 0 Å². The zero-order valence-corrected chi connectivity index (χ0v) is 6.77. The van der Waals surface area contributed by atoms with Crippen LogP contribution in [0.25, 0.3) is 0 Å². The SMILES string of the molecule is C=CCNC1(C#N)CCCC1. The van der Waals surface area contributed by atoms with Gasteiger partial charge in [0.1, 0.15) is 5.54 Å². The Kier molecular flexibility index (Phi) is 2.67. The van der Waals surface area contributed by atoms with Crippen molar-refractivity contribution in [1.82, 2.24) is 5.32 Å². The van der Waals surface area contributed by atoms with Gasteiger partial charge in [0, 0.05) is 6.54 Å². The van der Waals surface area contributed by atoms with Crippen LogP contribution in [-0.2, 0) is 0 Å². The third kappa shape index (κ3) is 1.81. The molecule has 0 aromatic heterocycles. The minimum Gasteiger partial charge on any atom is -0.296 e. The molecule has 0 aliphatic heterocycles. The zero-order chi connectivity index (χ0) is 8.16. The summed E-state index contributed by atoms with van der Waals surface area (Å²) < 4.78 is 0. The number of nitrogens with one attached hydrogen (secondary N) is 1. The summed E-state index contributed by atoms with van der Waals surface area (Å²) >= 11 is 0. The third-order valence-corrected chi connectivity index (χ3v) is 2.26. The van der Waals surface area contributed by atoms with Gasteiger partial charge in [0.15, 0.2) is 0 Å². The summed E-state index contributed by atoms with van der Waals surface area (Å²) in [6.45, 7) is 4.36. The molecule has 1 aliphatic carbocycles. The molecule has 0 amide bonds. The van der Waals surface area contributed by atoms with Gasteiger partial charge in [-0.05, 0) is 12.8 Å². The van der Waals surface area contributed by atoms with E-state index in [1.807, 2.05) is 0 Å². The monoisotopic (exact) mass is 150 g/mol. The van der Waals surface area contributed by atoms with Crippen molar-refractivity contribution >= 4 is 0 Å². The molecule has 0 aromatic carbocycles. The lowest BCUT2D eigenvalue weighted by molar-refractivity contribution is 0.445. The predicted molar refractivity (Wildman–Crippen MR) is 45.0 cm³/mol. The fourth-order valence-electron chi connectivity index (χ4n) is 1.57. The van der Waals surface area contributed by atoms with E-state index in [-0.39, 0.29) is 5.54 Å². The van der Waals surface area contributed by atoms with Crippen molar-refractivity contribution in [3.63, 3.8) is 0 Å². The molecule has 0 aromatic rings. The molecule has 2 nitrogen and oxygen atoms in total. The van der Waals surface area contributed by atoms with Crippen LogP contribution >= 0.6 is 0 Å². The fourth-order valence-corrected chi connectivity index (χ4v) is 1.57. The van der Waals surface area contributed by atoms with Crippen LogP contribution in [0.15, 0.2) is 12.7 Å². The smallest absolute Gasteiger partial charge is 0.107 e. The largest absolute Gasteiger partial charge is 0.296 e. The topological polar surface area (TPSA) is 35.8 Å². The molecule has 1 N–H and O–H groups in total. The Morgan fingerprint density at radius 1 is 1.55 bits per heavy atom. The quantitative estimate of drug-likeness (QED) is 0.620. The normalized spacial score (nSPS) is 21.0. The van der Waals surface area contributed by atoms with Crippen molar-refractivity contribution in [1.29, 1.82) is 5.26 Å². The minimum absolute atomic E-state index is 0.228. The molecule has 0 unspecified atom stereocenters.